The van der Waals surface area contributed by atoms with Gasteiger partial charge in [0, 0.05) is 4.47 Å². The number of alkyl halides is 3. The average Bonchev–Trinajstić information content (AvgIpc) is 2.65. The molecule has 0 aliphatic heterocycles. The molecular weight excluding hydrogens is 439 g/mol. The van der Waals surface area contributed by atoms with E-state index in [-0.39, 0.29) is 5.56 Å². The number of hydrogen-bond donors (Lipinski definition) is 1. The van der Waals surface area contributed by atoms with E-state index in [4.69, 9.17) is 0 Å². The number of terminal acetylenes is 1. The second kappa shape index (κ2) is 18.5. The van der Waals surface area contributed by atoms with Crippen LogP contribution < -0.4 is 5.32 Å². The number of nitrogens with one attached hydrogen (secondary N) is 1. The standard InChI is InChI=1S/C13H11BrF3N.C4H10.C3H4.2C2H6/c1-18-12(13(15,16)17)10-3-2-9-7-11(14)5-4-8(9)6-10;1-4(2)3;1-3-2;2*1-2/h2-7,12,18H,1H3;4H,1-3H3;1H,2H3;2*1-2H3/t12-;;;;/m0..../s1. The summed E-state index contributed by atoms with van der Waals surface area (Å²) in [6, 6.07) is 8.62. The second-order valence-electron chi connectivity index (χ2n) is 6.03. The highest BCUT2D eigenvalue weighted by atomic mass is 79.9. The molecule has 0 unspecified atom stereocenters. The summed E-state index contributed by atoms with van der Waals surface area (Å²) in [5, 5.41) is 4.00. The lowest BCUT2D eigenvalue weighted by Gasteiger charge is -2.20. The van der Waals surface area contributed by atoms with Gasteiger partial charge < -0.3 is 5.32 Å². The fourth-order valence-electron chi connectivity index (χ4n) is 1.93. The summed E-state index contributed by atoms with van der Waals surface area (Å²) in [5.74, 6) is 3.08. The Bertz CT molecular complexity index is 686. The normalized spacial score (nSPS) is 10.5. The summed E-state index contributed by atoms with van der Waals surface area (Å²) in [7, 11) is 1.31. The molecule has 2 aromatic rings. The molecule has 0 spiro atoms. The molecule has 1 nitrogen and oxygen atoms in total. The first kappa shape index (κ1) is 32.2. The van der Waals surface area contributed by atoms with Crippen LogP contribution in [0.15, 0.2) is 40.9 Å². The van der Waals surface area contributed by atoms with Gasteiger partial charge >= 0.3 is 6.18 Å². The zero-order valence-corrected chi connectivity index (χ0v) is 20.8. The van der Waals surface area contributed by atoms with Gasteiger partial charge in [0.25, 0.3) is 0 Å². The van der Waals surface area contributed by atoms with Crippen molar-refractivity contribution in [3.05, 3.63) is 46.4 Å². The van der Waals surface area contributed by atoms with Gasteiger partial charge in [-0.3, -0.25) is 0 Å². The van der Waals surface area contributed by atoms with E-state index in [0.29, 0.717) is 0 Å². The van der Waals surface area contributed by atoms with Gasteiger partial charge in [0.15, 0.2) is 0 Å². The molecule has 0 heterocycles. The molecule has 1 atom stereocenters. The Kier molecular flexibility index (Phi) is 20.5. The van der Waals surface area contributed by atoms with E-state index >= 15 is 0 Å². The van der Waals surface area contributed by atoms with Gasteiger partial charge in [-0.2, -0.15) is 13.2 Å². The molecule has 0 saturated carbocycles. The fourth-order valence-corrected chi connectivity index (χ4v) is 2.31. The molecular formula is C24H37BrF3N. The van der Waals surface area contributed by atoms with Crippen LogP contribution in [0.25, 0.3) is 10.8 Å². The summed E-state index contributed by atoms with van der Waals surface area (Å²) in [6.45, 7) is 16.2. The molecule has 1 N–H and O–H groups in total. The predicted molar refractivity (Wildman–Crippen MR) is 127 cm³/mol. The number of rotatable bonds is 2. The van der Waals surface area contributed by atoms with Crippen LogP contribution >= 0.6 is 15.9 Å². The quantitative estimate of drug-likeness (QED) is 0.427. The van der Waals surface area contributed by atoms with Crippen LogP contribution in [0.4, 0.5) is 13.2 Å². The Morgan fingerprint density at radius 3 is 1.69 bits per heavy atom. The van der Waals surface area contributed by atoms with Crippen molar-refractivity contribution >= 4 is 26.7 Å². The molecule has 0 aromatic heterocycles. The molecule has 0 radical (unpaired) electrons. The maximum Gasteiger partial charge on any atom is 0.407 e. The lowest BCUT2D eigenvalue weighted by atomic mass is 10.0. The van der Waals surface area contributed by atoms with Crippen LogP contribution in [0.1, 0.15) is 67.0 Å². The molecule has 29 heavy (non-hydrogen) atoms. The highest BCUT2D eigenvalue weighted by molar-refractivity contribution is 9.10. The van der Waals surface area contributed by atoms with Crippen LogP contribution in [-0.2, 0) is 0 Å². The SMILES string of the molecule is C#CC.CC.CC.CC(C)C.CN[C@@H](c1ccc2cc(Br)ccc2c1)C(F)(F)F. The Balaban J connectivity index is -0.000000520. The number of hydrogen-bond acceptors (Lipinski definition) is 1. The molecule has 166 valence electrons. The maximum absolute atomic E-state index is 12.8. The van der Waals surface area contributed by atoms with E-state index in [1.807, 2.05) is 39.8 Å². The zero-order valence-electron chi connectivity index (χ0n) is 19.2. The lowest BCUT2D eigenvalue weighted by Crippen LogP contribution is -2.31. The van der Waals surface area contributed by atoms with E-state index in [0.717, 1.165) is 21.2 Å². The third-order valence-corrected chi connectivity index (χ3v) is 3.27. The summed E-state index contributed by atoms with van der Waals surface area (Å²) >= 11 is 3.33. The van der Waals surface area contributed by atoms with E-state index in [9.17, 15) is 13.2 Å². The Labute approximate surface area is 184 Å². The highest BCUT2D eigenvalue weighted by Crippen LogP contribution is 2.33. The molecule has 2 aromatic carbocycles. The topological polar surface area (TPSA) is 12.0 Å². The van der Waals surface area contributed by atoms with Crippen molar-refractivity contribution in [2.24, 2.45) is 5.92 Å². The molecule has 0 bridgehead atoms. The number of halogens is 4. The van der Waals surface area contributed by atoms with Crippen molar-refractivity contribution in [3.8, 4) is 12.3 Å². The van der Waals surface area contributed by atoms with Crippen molar-refractivity contribution in [2.75, 3.05) is 7.05 Å². The Morgan fingerprint density at radius 2 is 1.31 bits per heavy atom. The van der Waals surface area contributed by atoms with Gasteiger partial charge in [0.05, 0.1) is 0 Å². The largest absolute Gasteiger partial charge is 0.407 e. The van der Waals surface area contributed by atoms with Crippen LogP contribution in [0.2, 0.25) is 0 Å². The van der Waals surface area contributed by atoms with Crippen molar-refractivity contribution in [3.63, 3.8) is 0 Å². The first-order valence-electron chi connectivity index (χ1n) is 9.87. The van der Waals surface area contributed by atoms with Gasteiger partial charge in [0.1, 0.15) is 6.04 Å². The van der Waals surface area contributed by atoms with Crippen LogP contribution in [-0.4, -0.2) is 13.2 Å². The molecule has 2 rings (SSSR count). The number of fused-ring (bicyclic) bond motifs is 1. The van der Waals surface area contributed by atoms with E-state index in [1.54, 1.807) is 25.1 Å². The highest BCUT2D eigenvalue weighted by Gasteiger charge is 2.39. The minimum Gasteiger partial charge on any atom is -0.306 e. The van der Waals surface area contributed by atoms with E-state index in [2.05, 4.69) is 54.4 Å². The van der Waals surface area contributed by atoms with Crippen molar-refractivity contribution in [1.82, 2.24) is 5.32 Å². The first-order valence-corrected chi connectivity index (χ1v) is 10.7. The summed E-state index contributed by atoms with van der Waals surface area (Å²) in [6.07, 6.45) is 0.303. The van der Waals surface area contributed by atoms with Crippen LogP contribution in [0, 0.1) is 18.3 Å². The van der Waals surface area contributed by atoms with E-state index < -0.39 is 12.2 Å². The van der Waals surface area contributed by atoms with Gasteiger partial charge in [-0.15, -0.1) is 12.3 Å². The minimum absolute atomic E-state index is 0.222. The molecule has 0 fully saturated rings. The molecule has 0 aliphatic rings. The van der Waals surface area contributed by atoms with Gasteiger partial charge in [0.2, 0.25) is 0 Å². The van der Waals surface area contributed by atoms with Crippen molar-refractivity contribution in [2.45, 2.75) is 67.6 Å². The summed E-state index contributed by atoms with van der Waals surface area (Å²) in [4.78, 5) is 0. The fraction of sp³-hybridized carbons (Fsp3) is 0.500. The van der Waals surface area contributed by atoms with Crippen molar-refractivity contribution < 1.29 is 13.2 Å². The molecule has 5 heteroatoms. The van der Waals surface area contributed by atoms with Gasteiger partial charge in [-0.25, -0.2) is 0 Å². The van der Waals surface area contributed by atoms with Crippen LogP contribution in [0.5, 0.6) is 0 Å². The second-order valence-corrected chi connectivity index (χ2v) is 6.95. The van der Waals surface area contributed by atoms with Crippen LogP contribution in [0.3, 0.4) is 0 Å². The third-order valence-electron chi connectivity index (χ3n) is 2.78. The van der Waals surface area contributed by atoms with Crippen molar-refractivity contribution in [1.29, 1.82) is 0 Å². The smallest absolute Gasteiger partial charge is 0.306 e. The number of benzene rings is 2. The molecule has 0 amide bonds. The maximum atomic E-state index is 12.8. The summed E-state index contributed by atoms with van der Waals surface area (Å²) < 4.78 is 39.3. The predicted octanol–water partition coefficient (Wildman–Crippen LogP) is 8.78. The Morgan fingerprint density at radius 1 is 0.931 bits per heavy atom. The van der Waals surface area contributed by atoms with Gasteiger partial charge in [-0.1, -0.05) is 82.6 Å². The first-order chi connectivity index (χ1) is 13.6. The zero-order chi connectivity index (χ0) is 23.6. The molecule has 0 saturated heterocycles. The average molecular weight is 476 g/mol. The van der Waals surface area contributed by atoms with E-state index in [1.165, 1.54) is 13.1 Å². The third kappa shape index (κ3) is 15.1. The molecule has 0 aliphatic carbocycles. The lowest BCUT2D eigenvalue weighted by molar-refractivity contribution is -0.156. The monoisotopic (exact) mass is 475 g/mol. The minimum atomic E-state index is -4.29. The van der Waals surface area contributed by atoms with Gasteiger partial charge in [-0.05, 0) is 54.4 Å². The summed E-state index contributed by atoms with van der Waals surface area (Å²) in [5.41, 5.74) is 0.222. The Hall–Kier alpha value is -1.51.